The molecule has 0 bridgehead atoms. The summed E-state index contributed by atoms with van der Waals surface area (Å²) >= 11 is 11.8. The first-order chi connectivity index (χ1) is 12.9. The number of carbonyl (C=O) groups is 2. The maximum absolute atomic E-state index is 12.1. The van der Waals surface area contributed by atoms with E-state index in [1.54, 1.807) is 12.3 Å². The van der Waals surface area contributed by atoms with E-state index >= 15 is 0 Å². The highest BCUT2D eigenvalue weighted by Crippen LogP contribution is 2.27. The highest BCUT2D eigenvalue weighted by atomic mass is 35.5. The minimum Gasteiger partial charge on any atom is -0.548 e. The third kappa shape index (κ3) is 4.72. The van der Waals surface area contributed by atoms with Gasteiger partial charge in [0.15, 0.2) is 6.61 Å². The van der Waals surface area contributed by atoms with E-state index in [4.69, 9.17) is 27.9 Å². The van der Waals surface area contributed by atoms with Crippen LogP contribution in [-0.2, 0) is 16.0 Å². The minimum atomic E-state index is -1.38. The van der Waals surface area contributed by atoms with Gasteiger partial charge < -0.3 is 24.9 Å². The van der Waals surface area contributed by atoms with Gasteiger partial charge in [-0.1, -0.05) is 41.4 Å². The average Bonchev–Trinajstić information content (AvgIpc) is 3.05. The van der Waals surface area contributed by atoms with Crippen LogP contribution in [-0.4, -0.2) is 29.5 Å². The van der Waals surface area contributed by atoms with Gasteiger partial charge in [0.25, 0.3) is 5.91 Å². The number of carboxylic acid groups (broad SMARTS) is 1. The predicted molar refractivity (Wildman–Crippen MR) is 101 cm³/mol. The number of para-hydroxylation sites is 1. The number of aromatic amines is 1. The highest BCUT2D eigenvalue weighted by molar-refractivity contribution is 6.34. The van der Waals surface area contributed by atoms with E-state index in [0.717, 1.165) is 16.5 Å². The number of hydrogen-bond acceptors (Lipinski definition) is 4. The second-order valence-corrected chi connectivity index (χ2v) is 6.71. The number of aromatic nitrogens is 1. The predicted octanol–water partition coefficient (Wildman–Crippen LogP) is 2.33. The van der Waals surface area contributed by atoms with Gasteiger partial charge in [0.2, 0.25) is 0 Å². The van der Waals surface area contributed by atoms with Gasteiger partial charge in [-0.05, 0) is 23.8 Å². The molecule has 0 saturated carbocycles. The van der Waals surface area contributed by atoms with Gasteiger partial charge in [0.1, 0.15) is 5.75 Å². The molecule has 1 amide bonds. The summed E-state index contributed by atoms with van der Waals surface area (Å²) in [5.74, 6) is -1.75. The molecule has 8 heteroatoms. The summed E-state index contributed by atoms with van der Waals surface area (Å²) in [5, 5.41) is 15.4. The molecule has 2 N–H and O–H groups in total. The Balaban J connectivity index is 1.64. The van der Waals surface area contributed by atoms with Crippen LogP contribution < -0.4 is 15.2 Å². The lowest BCUT2D eigenvalue weighted by atomic mass is 10.1. The summed E-state index contributed by atoms with van der Waals surface area (Å²) in [6, 6.07) is 10.9. The summed E-state index contributed by atoms with van der Waals surface area (Å²) in [7, 11) is 0. The fraction of sp³-hybridized carbons (Fsp3) is 0.158. The van der Waals surface area contributed by atoms with Gasteiger partial charge in [-0.25, -0.2) is 0 Å². The maximum Gasteiger partial charge on any atom is 0.258 e. The molecule has 0 aliphatic carbocycles. The first-order valence-corrected chi connectivity index (χ1v) is 8.82. The number of nitrogens with one attached hydrogen (secondary N) is 2. The molecule has 0 spiro atoms. The van der Waals surface area contributed by atoms with Crippen molar-refractivity contribution >= 4 is 46.0 Å². The van der Waals surface area contributed by atoms with Crippen LogP contribution in [0.15, 0.2) is 48.7 Å². The molecule has 1 heterocycles. The number of rotatable bonds is 7. The van der Waals surface area contributed by atoms with E-state index in [2.05, 4.69) is 10.3 Å². The van der Waals surface area contributed by atoms with E-state index in [0.29, 0.717) is 10.0 Å². The number of carbonyl (C=O) groups excluding carboxylic acids is 2. The van der Waals surface area contributed by atoms with Crippen LogP contribution in [0.5, 0.6) is 5.75 Å². The molecule has 2 aromatic carbocycles. The molecule has 0 aliphatic rings. The smallest absolute Gasteiger partial charge is 0.258 e. The number of H-pyrrole nitrogens is 1. The Labute approximate surface area is 165 Å². The lowest BCUT2D eigenvalue weighted by Crippen LogP contribution is -2.50. The van der Waals surface area contributed by atoms with Crippen LogP contribution in [0, 0.1) is 0 Å². The largest absolute Gasteiger partial charge is 0.548 e. The standard InChI is InChI=1S/C19H16Cl2N2O4/c20-12-5-6-14(21)17(8-12)27-10-18(24)23-16(19(25)26)7-11-9-22-15-4-2-1-3-13(11)15/h1-6,8-9,16,22H,7,10H2,(H,23,24)(H,25,26)/p-1/t16-/m0/s1. The fourth-order valence-corrected chi connectivity index (χ4v) is 3.01. The van der Waals surface area contributed by atoms with Crippen molar-refractivity contribution in [2.45, 2.75) is 12.5 Å². The second-order valence-electron chi connectivity index (χ2n) is 5.87. The SMILES string of the molecule is O=C(COc1cc(Cl)ccc1Cl)N[C@@H](Cc1c[nH]c2ccccc12)C(=O)[O-]. The number of hydrogen-bond donors (Lipinski definition) is 2. The van der Waals surface area contributed by atoms with Gasteiger partial charge in [0.05, 0.1) is 17.0 Å². The summed E-state index contributed by atoms with van der Waals surface area (Å²) in [4.78, 5) is 26.6. The number of ether oxygens (including phenoxy) is 1. The van der Waals surface area contributed by atoms with Crippen LogP contribution in [0.25, 0.3) is 10.9 Å². The number of carboxylic acids is 1. The lowest BCUT2D eigenvalue weighted by Gasteiger charge is -2.19. The van der Waals surface area contributed by atoms with Crippen LogP contribution in [0.1, 0.15) is 5.56 Å². The van der Waals surface area contributed by atoms with Gasteiger partial charge in [0, 0.05) is 34.6 Å². The first kappa shape index (κ1) is 19.1. The van der Waals surface area contributed by atoms with Crippen molar-refractivity contribution in [2.75, 3.05) is 6.61 Å². The molecule has 140 valence electrons. The van der Waals surface area contributed by atoms with Crippen molar-refractivity contribution < 1.29 is 19.4 Å². The Bertz CT molecular complexity index is 987. The molecule has 0 aliphatic heterocycles. The Hall–Kier alpha value is -2.70. The second kappa shape index (κ2) is 8.33. The van der Waals surface area contributed by atoms with Gasteiger partial charge in [-0.15, -0.1) is 0 Å². The first-order valence-electron chi connectivity index (χ1n) is 8.07. The molecule has 0 unspecified atom stereocenters. The number of aliphatic carboxylic acids is 1. The quantitative estimate of drug-likeness (QED) is 0.630. The van der Waals surface area contributed by atoms with Crippen molar-refractivity contribution in [1.29, 1.82) is 0 Å². The molecule has 0 fully saturated rings. The average molecular weight is 406 g/mol. The van der Waals surface area contributed by atoms with E-state index in [-0.39, 0.29) is 12.2 Å². The van der Waals surface area contributed by atoms with Crippen LogP contribution >= 0.6 is 23.2 Å². The third-order valence-corrected chi connectivity index (χ3v) is 4.52. The van der Waals surface area contributed by atoms with Crippen LogP contribution in [0.4, 0.5) is 0 Å². The number of halogens is 2. The zero-order valence-electron chi connectivity index (χ0n) is 14.0. The zero-order valence-corrected chi connectivity index (χ0v) is 15.5. The molecule has 1 aromatic heterocycles. The molecular formula is C19H15Cl2N2O4-. The van der Waals surface area contributed by atoms with E-state index in [1.807, 2.05) is 24.3 Å². The highest BCUT2D eigenvalue weighted by Gasteiger charge is 2.17. The van der Waals surface area contributed by atoms with Crippen molar-refractivity contribution in [1.82, 2.24) is 10.3 Å². The number of amides is 1. The lowest BCUT2D eigenvalue weighted by molar-refractivity contribution is -0.308. The molecule has 3 rings (SSSR count). The van der Waals surface area contributed by atoms with E-state index in [9.17, 15) is 14.7 Å². The number of fused-ring (bicyclic) bond motifs is 1. The Kier molecular flexibility index (Phi) is 5.88. The Morgan fingerprint density at radius 2 is 1.96 bits per heavy atom. The Morgan fingerprint density at radius 1 is 1.19 bits per heavy atom. The Morgan fingerprint density at radius 3 is 2.74 bits per heavy atom. The number of benzene rings is 2. The van der Waals surface area contributed by atoms with Crippen molar-refractivity contribution in [2.24, 2.45) is 0 Å². The molecular weight excluding hydrogens is 391 g/mol. The van der Waals surface area contributed by atoms with E-state index in [1.165, 1.54) is 12.1 Å². The van der Waals surface area contributed by atoms with Gasteiger partial charge >= 0.3 is 0 Å². The molecule has 0 radical (unpaired) electrons. The van der Waals surface area contributed by atoms with Gasteiger partial charge in [-0.2, -0.15) is 0 Å². The summed E-state index contributed by atoms with van der Waals surface area (Å²) < 4.78 is 5.32. The van der Waals surface area contributed by atoms with Crippen LogP contribution in [0.3, 0.4) is 0 Å². The monoisotopic (exact) mass is 405 g/mol. The molecule has 1 atom stereocenters. The van der Waals surface area contributed by atoms with Crippen molar-refractivity contribution in [3.63, 3.8) is 0 Å². The summed E-state index contributed by atoms with van der Waals surface area (Å²) in [6.45, 7) is -0.405. The molecule has 6 nitrogen and oxygen atoms in total. The fourth-order valence-electron chi connectivity index (χ4n) is 2.68. The van der Waals surface area contributed by atoms with Crippen LogP contribution in [0.2, 0.25) is 10.0 Å². The molecule has 27 heavy (non-hydrogen) atoms. The summed E-state index contributed by atoms with van der Waals surface area (Å²) in [5.41, 5.74) is 1.65. The zero-order chi connectivity index (χ0) is 19.4. The van der Waals surface area contributed by atoms with E-state index < -0.39 is 24.5 Å². The summed E-state index contributed by atoms with van der Waals surface area (Å²) in [6.07, 6.45) is 1.80. The molecule has 0 saturated heterocycles. The van der Waals surface area contributed by atoms with Gasteiger partial charge in [-0.3, -0.25) is 4.79 Å². The maximum atomic E-state index is 12.1. The van der Waals surface area contributed by atoms with Crippen molar-refractivity contribution in [3.8, 4) is 5.75 Å². The molecule has 3 aromatic rings. The minimum absolute atomic E-state index is 0.0794. The topological polar surface area (TPSA) is 94.2 Å². The third-order valence-electron chi connectivity index (χ3n) is 3.97. The van der Waals surface area contributed by atoms with Crippen molar-refractivity contribution in [3.05, 3.63) is 64.3 Å². The normalized spacial score (nSPS) is 11.9.